The fourth-order valence-corrected chi connectivity index (χ4v) is 1.79. The third kappa shape index (κ3) is 4.57. The second-order valence-electron chi connectivity index (χ2n) is 5.16. The highest BCUT2D eigenvalue weighted by Gasteiger charge is 2.27. The normalized spacial score (nSPS) is 15.4. The number of hydrogen-bond acceptors (Lipinski definition) is 4. The minimum atomic E-state index is -0.727. The van der Waals surface area contributed by atoms with E-state index < -0.39 is 6.10 Å². The Morgan fingerprint density at radius 2 is 2.00 bits per heavy atom. The molecule has 2 rings (SSSR count). The van der Waals surface area contributed by atoms with E-state index in [0.29, 0.717) is 12.1 Å². The molecule has 0 aromatic heterocycles. The van der Waals surface area contributed by atoms with Crippen LogP contribution < -0.4 is 11.1 Å². The SMILES string of the molecule is CC(OC(=O)CCc1ccc(N)cc1)C(=O)NC1CC1. The number of anilines is 1. The molecule has 1 aliphatic rings. The number of hydrogen-bond donors (Lipinski definition) is 2. The molecule has 0 bridgehead atoms. The Morgan fingerprint density at radius 3 is 2.60 bits per heavy atom. The molecule has 0 aliphatic heterocycles. The minimum Gasteiger partial charge on any atom is -0.453 e. The molecule has 0 saturated heterocycles. The number of carbonyl (C=O) groups excluding carboxylic acids is 2. The van der Waals surface area contributed by atoms with E-state index in [0.717, 1.165) is 18.4 Å². The zero-order valence-electron chi connectivity index (χ0n) is 11.6. The first-order valence-electron chi connectivity index (χ1n) is 6.89. The highest BCUT2D eigenvalue weighted by molar-refractivity contribution is 5.83. The van der Waals surface area contributed by atoms with Crippen molar-refractivity contribution < 1.29 is 14.3 Å². The summed E-state index contributed by atoms with van der Waals surface area (Å²) in [4.78, 5) is 23.3. The van der Waals surface area contributed by atoms with Crippen molar-refractivity contribution in [2.45, 2.75) is 44.8 Å². The van der Waals surface area contributed by atoms with Gasteiger partial charge in [0, 0.05) is 18.2 Å². The van der Waals surface area contributed by atoms with Crippen molar-refractivity contribution in [1.82, 2.24) is 5.32 Å². The van der Waals surface area contributed by atoms with Gasteiger partial charge in [0.15, 0.2) is 6.10 Å². The lowest BCUT2D eigenvalue weighted by Gasteiger charge is -2.13. The number of nitrogen functional groups attached to an aromatic ring is 1. The molecule has 0 heterocycles. The first-order valence-corrected chi connectivity index (χ1v) is 6.89. The molecule has 1 fully saturated rings. The molecular weight excluding hydrogens is 256 g/mol. The van der Waals surface area contributed by atoms with E-state index in [9.17, 15) is 9.59 Å². The van der Waals surface area contributed by atoms with Crippen LogP contribution in [-0.2, 0) is 20.7 Å². The van der Waals surface area contributed by atoms with Gasteiger partial charge in [-0.1, -0.05) is 12.1 Å². The van der Waals surface area contributed by atoms with Crippen LogP contribution in [0.3, 0.4) is 0 Å². The van der Waals surface area contributed by atoms with Crippen molar-refractivity contribution in [3.05, 3.63) is 29.8 Å². The number of esters is 1. The van der Waals surface area contributed by atoms with Gasteiger partial charge in [0.05, 0.1) is 0 Å². The van der Waals surface area contributed by atoms with Crippen molar-refractivity contribution in [3.8, 4) is 0 Å². The summed E-state index contributed by atoms with van der Waals surface area (Å²) >= 11 is 0. The quantitative estimate of drug-likeness (QED) is 0.608. The maximum atomic E-state index is 11.7. The molecule has 0 spiro atoms. The molecule has 5 heteroatoms. The molecule has 0 radical (unpaired) electrons. The van der Waals surface area contributed by atoms with Gasteiger partial charge in [-0.3, -0.25) is 9.59 Å². The number of benzene rings is 1. The summed E-state index contributed by atoms with van der Waals surface area (Å²) in [5.74, 6) is -0.575. The number of ether oxygens (including phenoxy) is 1. The summed E-state index contributed by atoms with van der Waals surface area (Å²) in [5.41, 5.74) is 7.31. The van der Waals surface area contributed by atoms with E-state index in [4.69, 9.17) is 10.5 Å². The Bertz CT molecular complexity index is 480. The van der Waals surface area contributed by atoms with Gasteiger partial charge in [-0.25, -0.2) is 0 Å². The number of nitrogens with two attached hydrogens (primary N) is 1. The highest BCUT2D eigenvalue weighted by atomic mass is 16.5. The second kappa shape index (κ2) is 6.41. The third-order valence-electron chi connectivity index (χ3n) is 3.20. The number of carbonyl (C=O) groups is 2. The second-order valence-corrected chi connectivity index (χ2v) is 5.16. The van der Waals surface area contributed by atoms with Gasteiger partial charge in [-0.05, 0) is 43.9 Å². The molecule has 5 nitrogen and oxygen atoms in total. The molecule has 20 heavy (non-hydrogen) atoms. The molecule has 1 saturated carbocycles. The number of rotatable bonds is 6. The Kier molecular flexibility index (Phi) is 4.61. The lowest BCUT2D eigenvalue weighted by Crippen LogP contribution is -2.37. The van der Waals surface area contributed by atoms with Crippen molar-refractivity contribution >= 4 is 17.6 Å². The summed E-state index contributed by atoms with van der Waals surface area (Å²) < 4.78 is 5.11. The summed E-state index contributed by atoms with van der Waals surface area (Å²) in [5, 5.41) is 2.81. The van der Waals surface area contributed by atoms with Gasteiger partial charge in [-0.2, -0.15) is 0 Å². The molecule has 1 aromatic carbocycles. The van der Waals surface area contributed by atoms with Crippen molar-refractivity contribution in [2.75, 3.05) is 5.73 Å². The maximum absolute atomic E-state index is 11.7. The average molecular weight is 276 g/mol. The van der Waals surface area contributed by atoms with Crippen LogP contribution in [0, 0.1) is 0 Å². The van der Waals surface area contributed by atoms with Crippen LogP contribution in [0.2, 0.25) is 0 Å². The summed E-state index contributed by atoms with van der Waals surface area (Å²) in [6.45, 7) is 1.60. The summed E-state index contributed by atoms with van der Waals surface area (Å²) in [7, 11) is 0. The van der Waals surface area contributed by atoms with Gasteiger partial charge < -0.3 is 15.8 Å². The molecule has 3 N–H and O–H groups in total. The Labute approximate surface area is 118 Å². The van der Waals surface area contributed by atoms with Crippen LogP contribution in [-0.4, -0.2) is 24.0 Å². The van der Waals surface area contributed by atoms with E-state index in [1.165, 1.54) is 0 Å². The number of nitrogens with one attached hydrogen (secondary N) is 1. The third-order valence-corrected chi connectivity index (χ3v) is 3.20. The van der Waals surface area contributed by atoms with Crippen LogP contribution in [0.15, 0.2) is 24.3 Å². The van der Waals surface area contributed by atoms with Crippen molar-refractivity contribution in [2.24, 2.45) is 0 Å². The van der Waals surface area contributed by atoms with E-state index in [1.807, 2.05) is 12.1 Å². The fraction of sp³-hybridized carbons (Fsp3) is 0.467. The molecule has 1 aromatic rings. The lowest BCUT2D eigenvalue weighted by atomic mass is 10.1. The van der Waals surface area contributed by atoms with Crippen LogP contribution in [0.25, 0.3) is 0 Å². The predicted molar refractivity (Wildman–Crippen MR) is 75.9 cm³/mol. The molecule has 1 amide bonds. The zero-order chi connectivity index (χ0) is 14.5. The largest absolute Gasteiger partial charge is 0.453 e. The van der Waals surface area contributed by atoms with Gasteiger partial charge in [0.25, 0.3) is 5.91 Å². The lowest BCUT2D eigenvalue weighted by molar-refractivity contribution is -0.154. The summed E-state index contributed by atoms with van der Waals surface area (Å²) in [6, 6.07) is 7.63. The monoisotopic (exact) mass is 276 g/mol. The minimum absolute atomic E-state index is 0.215. The van der Waals surface area contributed by atoms with Gasteiger partial charge >= 0.3 is 5.97 Å². The van der Waals surface area contributed by atoms with Crippen molar-refractivity contribution in [1.29, 1.82) is 0 Å². The molecule has 1 aliphatic carbocycles. The van der Waals surface area contributed by atoms with Crippen LogP contribution >= 0.6 is 0 Å². The number of aryl methyl sites for hydroxylation is 1. The Balaban J connectivity index is 1.71. The Morgan fingerprint density at radius 1 is 1.35 bits per heavy atom. The van der Waals surface area contributed by atoms with Crippen LogP contribution in [0.4, 0.5) is 5.69 Å². The van der Waals surface area contributed by atoms with Crippen molar-refractivity contribution in [3.63, 3.8) is 0 Å². The summed E-state index contributed by atoms with van der Waals surface area (Å²) in [6.07, 6.45) is 2.14. The zero-order valence-corrected chi connectivity index (χ0v) is 11.6. The fourth-order valence-electron chi connectivity index (χ4n) is 1.79. The van der Waals surface area contributed by atoms with E-state index in [2.05, 4.69) is 5.32 Å². The smallest absolute Gasteiger partial charge is 0.306 e. The molecule has 108 valence electrons. The molecular formula is C15H20N2O3. The van der Waals surface area contributed by atoms with Gasteiger partial charge in [0.1, 0.15) is 0 Å². The first kappa shape index (κ1) is 14.4. The van der Waals surface area contributed by atoms with E-state index in [1.54, 1.807) is 19.1 Å². The molecule has 1 atom stereocenters. The topological polar surface area (TPSA) is 81.4 Å². The standard InChI is InChI=1S/C15H20N2O3/c1-10(15(19)17-13-7-8-13)20-14(18)9-4-11-2-5-12(16)6-3-11/h2-3,5-6,10,13H,4,7-9,16H2,1H3,(H,17,19). The van der Waals surface area contributed by atoms with Crippen LogP contribution in [0.1, 0.15) is 31.7 Å². The van der Waals surface area contributed by atoms with Crippen LogP contribution in [0.5, 0.6) is 0 Å². The van der Waals surface area contributed by atoms with E-state index in [-0.39, 0.29) is 24.3 Å². The average Bonchev–Trinajstić information content (AvgIpc) is 3.22. The highest BCUT2D eigenvalue weighted by Crippen LogP contribution is 2.18. The van der Waals surface area contributed by atoms with Gasteiger partial charge in [0.2, 0.25) is 0 Å². The predicted octanol–water partition coefficient (Wildman–Crippen LogP) is 1.41. The maximum Gasteiger partial charge on any atom is 0.306 e. The number of amides is 1. The van der Waals surface area contributed by atoms with E-state index >= 15 is 0 Å². The first-order chi connectivity index (χ1) is 9.54. The molecule has 1 unspecified atom stereocenters. The Hall–Kier alpha value is -2.04. The van der Waals surface area contributed by atoms with Gasteiger partial charge in [-0.15, -0.1) is 0 Å².